The molecule has 1 amide bonds. The van der Waals surface area contributed by atoms with Crippen molar-refractivity contribution >= 4 is 27.5 Å². The van der Waals surface area contributed by atoms with Gasteiger partial charge in [0.2, 0.25) is 0 Å². The van der Waals surface area contributed by atoms with Crippen molar-refractivity contribution in [3.63, 3.8) is 0 Å². The highest BCUT2D eigenvalue weighted by molar-refractivity contribution is 7.91. The van der Waals surface area contributed by atoms with Crippen LogP contribution in [0.4, 0.5) is 4.79 Å². The number of sulfone groups is 1. The van der Waals surface area contributed by atoms with Gasteiger partial charge in [0.05, 0.1) is 27.7 Å². The van der Waals surface area contributed by atoms with E-state index in [1.807, 2.05) is 24.6 Å². The minimum atomic E-state index is -3.73. The number of aromatic nitrogens is 2. The van der Waals surface area contributed by atoms with Crippen LogP contribution in [0.25, 0.3) is 11.1 Å². The van der Waals surface area contributed by atoms with E-state index in [1.165, 1.54) is 12.1 Å². The van der Waals surface area contributed by atoms with Crippen LogP contribution in [0.3, 0.4) is 0 Å². The average molecular weight is 515 g/mol. The monoisotopic (exact) mass is 514 g/mol. The van der Waals surface area contributed by atoms with Crippen molar-refractivity contribution in [3.05, 3.63) is 70.0 Å². The number of amides is 1. The van der Waals surface area contributed by atoms with Gasteiger partial charge in [0, 0.05) is 11.3 Å². The molecule has 35 heavy (non-hydrogen) atoms. The smallest absolute Gasteiger partial charge is 0.408 e. The zero-order valence-corrected chi connectivity index (χ0v) is 21.8. The zero-order chi connectivity index (χ0) is 26.0. The molecule has 10 heteroatoms. The van der Waals surface area contributed by atoms with Crippen LogP contribution in [0.2, 0.25) is 5.02 Å². The quantitative estimate of drug-likeness (QED) is 0.495. The molecule has 0 aliphatic carbocycles. The third kappa shape index (κ3) is 6.41. The predicted molar refractivity (Wildman–Crippen MR) is 134 cm³/mol. The Morgan fingerprint density at radius 3 is 2.40 bits per heavy atom. The number of aryl methyl sites for hydroxylation is 1. The Balaban J connectivity index is 1.75. The van der Waals surface area contributed by atoms with Crippen LogP contribution in [0.1, 0.15) is 43.3 Å². The van der Waals surface area contributed by atoms with Gasteiger partial charge in [-0.3, -0.25) is 4.68 Å². The van der Waals surface area contributed by atoms with Crippen LogP contribution in [0.5, 0.6) is 0 Å². The van der Waals surface area contributed by atoms with Gasteiger partial charge in [-0.25, -0.2) is 13.2 Å². The Morgan fingerprint density at radius 2 is 1.83 bits per heavy atom. The van der Waals surface area contributed by atoms with Crippen molar-refractivity contribution in [2.75, 3.05) is 5.88 Å². The molecule has 0 atom stereocenters. The lowest BCUT2D eigenvalue weighted by Crippen LogP contribution is -2.35. The summed E-state index contributed by atoms with van der Waals surface area (Å²) in [6.45, 7) is 9.38. The molecule has 3 aromatic rings. The second-order valence-electron chi connectivity index (χ2n) is 9.09. The summed E-state index contributed by atoms with van der Waals surface area (Å²) in [4.78, 5) is 11.9. The summed E-state index contributed by atoms with van der Waals surface area (Å²) >= 11 is 6.21. The number of ether oxygens (including phenoxy) is 1. The molecule has 1 N–H and O–H groups in total. The molecule has 0 radical (unpaired) electrons. The summed E-state index contributed by atoms with van der Waals surface area (Å²) in [7, 11) is -3.73. The van der Waals surface area contributed by atoms with Crippen molar-refractivity contribution in [2.24, 2.45) is 0 Å². The second kappa shape index (κ2) is 10.1. The van der Waals surface area contributed by atoms with Gasteiger partial charge in [0.15, 0.2) is 9.84 Å². The zero-order valence-electron chi connectivity index (χ0n) is 20.2. The highest BCUT2D eigenvalue weighted by Gasteiger charge is 2.20. The van der Waals surface area contributed by atoms with Gasteiger partial charge in [0.1, 0.15) is 17.5 Å². The summed E-state index contributed by atoms with van der Waals surface area (Å²) in [5, 5.41) is 16.4. The molecular weight excluding hydrogens is 488 g/mol. The predicted octanol–water partition coefficient (Wildman–Crippen LogP) is 5.00. The normalized spacial score (nSPS) is 11.7. The van der Waals surface area contributed by atoms with Crippen LogP contribution in [0.15, 0.2) is 47.4 Å². The summed E-state index contributed by atoms with van der Waals surface area (Å²) in [5.41, 5.74) is 4.09. The first-order valence-electron chi connectivity index (χ1n) is 10.8. The fourth-order valence-corrected chi connectivity index (χ4v) is 4.80. The van der Waals surface area contributed by atoms with Crippen LogP contribution in [0, 0.1) is 25.2 Å². The molecule has 8 nitrogen and oxygen atoms in total. The molecule has 0 saturated heterocycles. The first kappa shape index (κ1) is 26.3. The summed E-state index contributed by atoms with van der Waals surface area (Å²) in [6, 6.07) is 13.8. The molecule has 2 aromatic carbocycles. The molecule has 0 bridgehead atoms. The van der Waals surface area contributed by atoms with Crippen molar-refractivity contribution in [3.8, 4) is 17.2 Å². The van der Waals surface area contributed by atoms with E-state index in [1.54, 1.807) is 45.0 Å². The lowest BCUT2D eigenvalue weighted by Gasteiger charge is -2.19. The third-order valence-corrected chi connectivity index (χ3v) is 7.01. The molecule has 0 aliphatic heterocycles. The van der Waals surface area contributed by atoms with Crippen LogP contribution in [-0.2, 0) is 21.1 Å². The first-order valence-corrected chi connectivity index (χ1v) is 12.9. The van der Waals surface area contributed by atoms with Gasteiger partial charge < -0.3 is 10.1 Å². The van der Waals surface area contributed by atoms with E-state index in [4.69, 9.17) is 21.6 Å². The molecule has 0 unspecified atom stereocenters. The highest BCUT2D eigenvalue weighted by Crippen LogP contribution is 2.30. The van der Waals surface area contributed by atoms with Crippen LogP contribution >= 0.6 is 11.6 Å². The molecule has 0 spiro atoms. The maximum atomic E-state index is 12.6. The van der Waals surface area contributed by atoms with Crippen LogP contribution < -0.4 is 5.32 Å². The summed E-state index contributed by atoms with van der Waals surface area (Å²) in [5.74, 6) is -0.560. The molecule has 0 saturated carbocycles. The number of alkyl carbamates (subject to hydrolysis) is 1. The fourth-order valence-electron chi connectivity index (χ4n) is 3.56. The number of nitrogens with one attached hydrogen (secondary N) is 1. The van der Waals surface area contributed by atoms with Crippen molar-refractivity contribution in [2.45, 2.75) is 51.7 Å². The number of nitrogens with zero attached hydrogens (tertiary/aromatic N) is 3. The lowest BCUT2D eigenvalue weighted by atomic mass is 10.0. The highest BCUT2D eigenvalue weighted by atomic mass is 35.5. The van der Waals surface area contributed by atoms with Crippen LogP contribution in [-0.4, -0.2) is 35.8 Å². The number of nitriles is 1. The van der Waals surface area contributed by atoms with Gasteiger partial charge in [-0.1, -0.05) is 29.8 Å². The Morgan fingerprint density at radius 1 is 1.17 bits per heavy atom. The fraction of sp³-hybridized carbons (Fsp3) is 0.320. The number of halogens is 1. The van der Waals surface area contributed by atoms with E-state index >= 15 is 0 Å². The molecule has 0 fully saturated rings. The topological polar surface area (TPSA) is 114 Å². The second-order valence-corrected chi connectivity index (χ2v) is 11.5. The SMILES string of the molecule is Cc1nn(Cc2ccc(S(=O)(=O)CNC(=O)OC(C)(C)C)cc2)c(C)c1-c1ccc(C#N)c(Cl)c1. The van der Waals surface area contributed by atoms with Gasteiger partial charge in [-0.2, -0.15) is 10.4 Å². The standard InChI is InChI=1S/C25H27ClN4O4S/c1-16-23(19-8-9-20(13-27)22(26)12-19)17(2)30(29-16)14-18-6-10-21(11-7-18)35(32,33)15-28-24(31)34-25(3,4)5/h6-12H,14-15H2,1-5H3,(H,28,31). The lowest BCUT2D eigenvalue weighted by molar-refractivity contribution is 0.0537. The molecule has 0 aliphatic rings. The molecule has 1 heterocycles. The number of hydrogen-bond donors (Lipinski definition) is 1. The maximum Gasteiger partial charge on any atom is 0.408 e. The average Bonchev–Trinajstić information content (AvgIpc) is 3.04. The molecule has 184 valence electrons. The van der Waals surface area contributed by atoms with E-state index < -0.39 is 27.4 Å². The Hall–Kier alpha value is -3.35. The minimum Gasteiger partial charge on any atom is -0.444 e. The van der Waals surface area contributed by atoms with Crippen molar-refractivity contribution in [1.82, 2.24) is 15.1 Å². The Kier molecular flexibility index (Phi) is 7.58. The molecule has 1 aromatic heterocycles. The largest absolute Gasteiger partial charge is 0.444 e. The van der Waals surface area contributed by atoms with Gasteiger partial charge in [-0.15, -0.1) is 0 Å². The van der Waals surface area contributed by atoms with Crippen molar-refractivity contribution in [1.29, 1.82) is 5.26 Å². The van der Waals surface area contributed by atoms with Gasteiger partial charge >= 0.3 is 6.09 Å². The summed E-state index contributed by atoms with van der Waals surface area (Å²) in [6.07, 6.45) is -0.790. The molecule has 3 rings (SSSR count). The minimum absolute atomic E-state index is 0.0959. The van der Waals surface area contributed by atoms with E-state index in [0.717, 1.165) is 28.1 Å². The number of carbonyl (C=O) groups excluding carboxylic acids is 1. The van der Waals surface area contributed by atoms with E-state index in [9.17, 15) is 13.2 Å². The van der Waals surface area contributed by atoms with Gasteiger partial charge in [0.25, 0.3) is 0 Å². The van der Waals surface area contributed by atoms with E-state index in [0.29, 0.717) is 17.1 Å². The third-order valence-electron chi connectivity index (χ3n) is 5.18. The molecular formula is C25H27ClN4O4S. The van der Waals surface area contributed by atoms with Gasteiger partial charge in [-0.05, 0) is 70.0 Å². The Labute approximate surface area is 210 Å². The number of rotatable bonds is 6. The number of carbonyl (C=O) groups is 1. The van der Waals surface area contributed by atoms with E-state index in [-0.39, 0.29) is 4.90 Å². The number of benzene rings is 2. The Bertz CT molecular complexity index is 1400. The maximum absolute atomic E-state index is 12.6. The van der Waals surface area contributed by atoms with E-state index in [2.05, 4.69) is 16.5 Å². The summed E-state index contributed by atoms with van der Waals surface area (Å²) < 4.78 is 32.1. The van der Waals surface area contributed by atoms with Crippen molar-refractivity contribution < 1.29 is 17.9 Å². The number of hydrogen-bond acceptors (Lipinski definition) is 6. The first-order chi connectivity index (χ1) is 16.3.